The van der Waals surface area contributed by atoms with Crippen molar-refractivity contribution in [2.24, 2.45) is 0 Å². The number of nitrogens with zero attached hydrogens (tertiary/aromatic N) is 3. The number of aryl methyl sites for hydroxylation is 1. The number of alkyl halides is 3. The molecule has 2 aliphatic rings. The van der Waals surface area contributed by atoms with E-state index in [9.17, 15) is 27.9 Å². The van der Waals surface area contributed by atoms with E-state index in [0.29, 0.717) is 29.9 Å². The number of aliphatic hydroxyl groups excluding tert-OH is 1. The quantitative estimate of drug-likeness (QED) is 0.293. The minimum Gasteiger partial charge on any atom is -0.378 e. The molecule has 1 fully saturated rings. The van der Waals surface area contributed by atoms with E-state index in [1.165, 1.54) is 11.0 Å². The minimum absolute atomic E-state index is 0.0921. The smallest absolute Gasteiger partial charge is 0.378 e. The second-order valence-electron chi connectivity index (χ2n) is 11.1. The van der Waals surface area contributed by atoms with Gasteiger partial charge in [0.1, 0.15) is 11.6 Å². The van der Waals surface area contributed by atoms with E-state index in [-0.39, 0.29) is 24.2 Å². The Morgan fingerprint density at radius 3 is 2.60 bits per heavy atom. The van der Waals surface area contributed by atoms with Gasteiger partial charge in [0.25, 0.3) is 11.5 Å². The van der Waals surface area contributed by atoms with Crippen LogP contribution in [0.2, 0.25) is 0 Å². The number of rotatable bonds is 6. The molecule has 2 aromatic carbocycles. The first-order chi connectivity index (χ1) is 20.6. The number of benzene rings is 2. The molecular weight excluding hydrogens is 559 g/mol. The highest BCUT2D eigenvalue weighted by molar-refractivity contribution is 5.82. The van der Waals surface area contributed by atoms with Gasteiger partial charge in [0.05, 0.1) is 28.8 Å². The lowest BCUT2D eigenvalue weighted by Crippen LogP contribution is -2.36. The van der Waals surface area contributed by atoms with E-state index < -0.39 is 29.2 Å². The number of halogens is 3. The highest BCUT2D eigenvalue weighted by Gasteiger charge is 2.49. The van der Waals surface area contributed by atoms with E-state index in [4.69, 9.17) is 4.98 Å². The molecule has 1 saturated carbocycles. The molecule has 1 atom stereocenters. The maximum Gasteiger partial charge on any atom is 0.416 e. The number of H-pyrrole nitrogens is 1. The van der Waals surface area contributed by atoms with Gasteiger partial charge in [0.2, 0.25) is 0 Å². The number of aromatic nitrogens is 3. The second kappa shape index (κ2) is 11.0. The van der Waals surface area contributed by atoms with Crippen LogP contribution in [0.3, 0.4) is 0 Å². The zero-order valence-corrected chi connectivity index (χ0v) is 23.4. The lowest BCUT2D eigenvalue weighted by atomic mass is 9.91. The van der Waals surface area contributed by atoms with E-state index in [2.05, 4.69) is 21.4 Å². The number of hydrogen-bond acceptors (Lipinski definition) is 6. The molecule has 3 heterocycles. The lowest BCUT2D eigenvalue weighted by molar-refractivity contribution is -0.142. The fourth-order valence-corrected chi connectivity index (χ4v) is 5.77. The van der Waals surface area contributed by atoms with Crippen molar-refractivity contribution in [3.8, 4) is 11.1 Å². The first kappa shape index (κ1) is 28.6. The van der Waals surface area contributed by atoms with Gasteiger partial charge in [-0.3, -0.25) is 9.59 Å². The molecule has 1 aliphatic carbocycles. The van der Waals surface area contributed by atoms with Crippen LogP contribution in [0.25, 0.3) is 11.1 Å². The highest BCUT2D eigenvalue weighted by atomic mass is 19.4. The fourth-order valence-electron chi connectivity index (χ4n) is 5.77. The van der Waals surface area contributed by atoms with Gasteiger partial charge in [0.15, 0.2) is 6.10 Å². The molecule has 2 aromatic heterocycles. The summed E-state index contributed by atoms with van der Waals surface area (Å²) in [6.45, 7) is 0.138. The summed E-state index contributed by atoms with van der Waals surface area (Å²) in [5, 5.41) is 13.7. The summed E-state index contributed by atoms with van der Waals surface area (Å²) in [5.74, 6) is 0.585. The van der Waals surface area contributed by atoms with Crippen molar-refractivity contribution in [2.75, 3.05) is 18.9 Å². The summed E-state index contributed by atoms with van der Waals surface area (Å²) in [5.41, 5.74) is 2.11. The van der Waals surface area contributed by atoms with Crippen molar-refractivity contribution in [3.05, 3.63) is 111 Å². The standard InChI is InChI=1S/C32H30F3N5O3/c1-36-26-17-20(10-13-37-26)19-5-2-7-22(15-19)31(11-12-31)30-38-25-9-4-14-40(18-24(25)28(42)39-30)29(43)27(41)21-6-3-8-23(16-21)32(33,34)35/h2-3,5-8,10,13,15-17,27,41H,4,9,11-12,14,18H2,1H3,(H,36,37)(H,38,39,42)/t27-/m1/s1. The van der Waals surface area contributed by atoms with Crippen LogP contribution < -0.4 is 10.9 Å². The van der Waals surface area contributed by atoms with Crippen LogP contribution in [0.5, 0.6) is 0 Å². The number of fused-ring (bicyclic) bond motifs is 1. The van der Waals surface area contributed by atoms with E-state index in [1.54, 1.807) is 6.20 Å². The molecule has 0 bridgehead atoms. The van der Waals surface area contributed by atoms with Crippen LogP contribution in [-0.4, -0.2) is 44.5 Å². The molecule has 0 unspecified atom stereocenters. The van der Waals surface area contributed by atoms with Gasteiger partial charge in [-0.25, -0.2) is 9.97 Å². The van der Waals surface area contributed by atoms with Crippen LogP contribution in [0, 0.1) is 0 Å². The van der Waals surface area contributed by atoms with E-state index in [0.717, 1.165) is 53.5 Å². The molecule has 11 heteroatoms. The molecule has 222 valence electrons. The molecule has 0 spiro atoms. The largest absolute Gasteiger partial charge is 0.416 e. The topological polar surface area (TPSA) is 111 Å². The minimum atomic E-state index is -4.60. The number of amides is 1. The van der Waals surface area contributed by atoms with Crippen LogP contribution in [0.1, 0.15) is 59.1 Å². The molecule has 6 rings (SSSR count). The van der Waals surface area contributed by atoms with Gasteiger partial charge in [-0.15, -0.1) is 0 Å². The van der Waals surface area contributed by atoms with E-state index in [1.807, 2.05) is 37.4 Å². The SMILES string of the molecule is CNc1cc(-c2cccc(C3(c4nc5c(c(=O)[nH]4)CN(C(=O)[C@H](O)c4cccc(C(F)(F)F)c4)CCC5)CC3)c2)ccn1. The van der Waals surface area contributed by atoms with E-state index >= 15 is 0 Å². The number of anilines is 1. The van der Waals surface area contributed by atoms with Crippen molar-refractivity contribution in [1.82, 2.24) is 19.9 Å². The average molecular weight is 590 g/mol. The van der Waals surface area contributed by atoms with Crippen LogP contribution >= 0.6 is 0 Å². The molecule has 0 saturated heterocycles. The fraction of sp³-hybridized carbons (Fsp3) is 0.312. The molecular formula is C32H30F3N5O3. The number of aliphatic hydroxyl groups is 1. The van der Waals surface area contributed by atoms with Gasteiger partial charge in [-0.1, -0.05) is 36.4 Å². The maximum atomic E-state index is 13.4. The Hall–Kier alpha value is -4.51. The summed E-state index contributed by atoms with van der Waals surface area (Å²) in [7, 11) is 1.82. The molecule has 1 aliphatic heterocycles. The molecule has 0 radical (unpaired) electrons. The number of pyridine rings is 1. The third-order valence-electron chi connectivity index (χ3n) is 8.33. The summed E-state index contributed by atoms with van der Waals surface area (Å²) >= 11 is 0. The number of carbonyl (C=O) groups excluding carboxylic acids is 1. The Labute approximate surface area is 245 Å². The molecule has 4 aromatic rings. The summed E-state index contributed by atoms with van der Waals surface area (Å²) in [6.07, 6.45) is -2.06. The van der Waals surface area contributed by atoms with Gasteiger partial charge < -0.3 is 20.3 Å². The van der Waals surface area contributed by atoms with Crippen LogP contribution in [0.15, 0.2) is 71.7 Å². The maximum absolute atomic E-state index is 13.4. The number of aromatic amines is 1. The Kier molecular flexibility index (Phi) is 7.29. The number of hydrogen-bond donors (Lipinski definition) is 3. The predicted molar refractivity (Wildman–Crippen MR) is 154 cm³/mol. The molecule has 1 amide bonds. The molecule has 43 heavy (non-hydrogen) atoms. The van der Waals surface area contributed by atoms with Gasteiger partial charge in [-0.05, 0) is 72.2 Å². The van der Waals surface area contributed by atoms with Crippen LogP contribution in [-0.2, 0) is 29.4 Å². The number of carbonyl (C=O) groups is 1. The predicted octanol–water partition coefficient (Wildman–Crippen LogP) is 4.98. The van der Waals surface area contributed by atoms with Gasteiger partial charge in [0, 0.05) is 19.8 Å². The van der Waals surface area contributed by atoms with Crippen molar-refractivity contribution >= 4 is 11.7 Å². The summed E-state index contributed by atoms with van der Waals surface area (Å²) in [4.78, 5) is 40.1. The lowest BCUT2D eigenvalue weighted by Gasteiger charge is -2.24. The average Bonchev–Trinajstić information content (AvgIpc) is 3.85. The first-order valence-electron chi connectivity index (χ1n) is 14.1. The van der Waals surface area contributed by atoms with Crippen molar-refractivity contribution in [2.45, 2.75) is 49.9 Å². The van der Waals surface area contributed by atoms with Crippen molar-refractivity contribution in [1.29, 1.82) is 0 Å². The third kappa shape index (κ3) is 5.52. The normalized spacial score (nSPS) is 16.6. The zero-order chi connectivity index (χ0) is 30.4. The molecule has 3 N–H and O–H groups in total. The highest BCUT2D eigenvalue weighted by Crippen LogP contribution is 2.52. The Morgan fingerprint density at radius 1 is 1.09 bits per heavy atom. The van der Waals surface area contributed by atoms with Gasteiger partial charge in [-0.2, -0.15) is 13.2 Å². The third-order valence-corrected chi connectivity index (χ3v) is 8.33. The van der Waals surface area contributed by atoms with Gasteiger partial charge >= 0.3 is 6.18 Å². The monoisotopic (exact) mass is 589 g/mol. The number of nitrogens with one attached hydrogen (secondary N) is 2. The van der Waals surface area contributed by atoms with Crippen molar-refractivity contribution < 1.29 is 23.1 Å². The molecule has 8 nitrogen and oxygen atoms in total. The Balaban J connectivity index is 1.26. The second-order valence-corrected chi connectivity index (χ2v) is 11.1. The van der Waals surface area contributed by atoms with Crippen LogP contribution in [0.4, 0.5) is 19.0 Å². The first-order valence-corrected chi connectivity index (χ1v) is 14.1. The zero-order valence-electron chi connectivity index (χ0n) is 23.4. The van der Waals surface area contributed by atoms with Crippen molar-refractivity contribution in [3.63, 3.8) is 0 Å². The summed E-state index contributed by atoms with van der Waals surface area (Å²) < 4.78 is 39.5. The summed E-state index contributed by atoms with van der Waals surface area (Å²) in [6, 6.07) is 16.2. The Morgan fingerprint density at radius 2 is 1.86 bits per heavy atom. The Bertz CT molecular complexity index is 1750.